The Morgan fingerprint density at radius 3 is 2.79 bits per heavy atom. The third kappa shape index (κ3) is 2.46. The molecule has 0 bridgehead atoms. The molecular formula is C12H16N2O5. The highest BCUT2D eigenvalue weighted by atomic mass is 16.5. The zero-order valence-corrected chi connectivity index (χ0v) is 10.6. The first-order chi connectivity index (χ1) is 9.06. The molecule has 0 fully saturated rings. The second-order valence-corrected chi connectivity index (χ2v) is 4.49. The van der Waals surface area contributed by atoms with E-state index in [9.17, 15) is 19.8 Å². The Morgan fingerprint density at radius 2 is 2.21 bits per heavy atom. The van der Waals surface area contributed by atoms with Gasteiger partial charge in [-0.15, -0.1) is 0 Å². The lowest BCUT2D eigenvalue weighted by atomic mass is 9.94. The fraction of sp³-hybridized carbons (Fsp3) is 0.583. The summed E-state index contributed by atoms with van der Waals surface area (Å²) in [6, 6.07) is 0. The van der Waals surface area contributed by atoms with Gasteiger partial charge in [0.15, 0.2) is 5.69 Å². The third-order valence-corrected chi connectivity index (χ3v) is 3.32. The van der Waals surface area contributed by atoms with Gasteiger partial charge in [-0.25, -0.2) is 9.78 Å². The summed E-state index contributed by atoms with van der Waals surface area (Å²) in [5.74, 6) is -2.38. The molecule has 0 aromatic carbocycles. The summed E-state index contributed by atoms with van der Waals surface area (Å²) in [5.41, 5.74) is 0.176. The van der Waals surface area contributed by atoms with Crippen LogP contribution in [0.2, 0.25) is 0 Å². The summed E-state index contributed by atoms with van der Waals surface area (Å²) in [4.78, 5) is 26.6. The van der Waals surface area contributed by atoms with Crippen LogP contribution < -0.4 is 0 Å². The third-order valence-electron chi connectivity index (χ3n) is 3.32. The van der Waals surface area contributed by atoms with E-state index in [2.05, 4.69) is 4.98 Å². The molecule has 2 N–H and O–H groups in total. The molecule has 19 heavy (non-hydrogen) atoms. The largest absolute Gasteiger partial charge is 0.481 e. The first-order valence-electron chi connectivity index (χ1n) is 6.10. The van der Waals surface area contributed by atoms with Crippen molar-refractivity contribution >= 4 is 11.9 Å². The summed E-state index contributed by atoms with van der Waals surface area (Å²) in [7, 11) is 1.55. The quantitative estimate of drug-likeness (QED) is 0.816. The lowest BCUT2D eigenvalue weighted by Gasteiger charge is -2.22. The maximum Gasteiger partial charge on any atom is 0.356 e. The molecule has 2 rings (SSSR count). The maximum atomic E-state index is 11.3. The minimum absolute atomic E-state index is 0.141. The fourth-order valence-corrected chi connectivity index (χ4v) is 2.49. The molecule has 1 aliphatic rings. The van der Waals surface area contributed by atoms with Crippen LogP contribution >= 0.6 is 0 Å². The summed E-state index contributed by atoms with van der Waals surface area (Å²) >= 11 is 0. The van der Waals surface area contributed by atoms with Gasteiger partial charge in [-0.1, -0.05) is 0 Å². The molecule has 7 heteroatoms. The van der Waals surface area contributed by atoms with Crippen molar-refractivity contribution in [1.29, 1.82) is 0 Å². The maximum absolute atomic E-state index is 11.3. The summed E-state index contributed by atoms with van der Waals surface area (Å²) in [6.07, 6.45) is 1.63. The van der Waals surface area contributed by atoms with Crippen LogP contribution in [0.5, 0.6) is 0 Å². The number of fused-ring (bicyclic) bond motifs is 1. The Morgan fingerprint density at radius 1 is 1.47 bits per heavy atom. The van der Waals surface area contributed by atoms with E-state index in [1.54, 1.807) is 11.7 Å². The number of ether oxygens (including phenoxy) is 1. The lowest BCUT2D eigenvalue weighted by molar-refractivity contribution is -0.139. The highest BCUT2D eigenvalue weighted by Gasteiger charge is 2.34. The zero-order chi connectivity index (χ0) is 14.0. The molecule has 2 heterocycles. The molecule has 1 aliphatic heterocycles. The monoisotopic (exact) mass is 268 g/mol. The Balaban J connectivity index is 2.48. The van der Waals surface area contributed by atoms with Gasteiger partial charge in [0.1, 0.15) is 5.82 Å². The highest BCUT2D eigenvalue weighted by Crippen LogP contribution is 2.31. The van der Waals surface area contributed by atoms with Crippen molar-refractivity contribution in [3.8, 4) is 0 Å². The molecule has 7 nitrogen and oxygen atoms in total. The molecule has 1 atom stereocenters. The zero-order valence-electron chi connectivity index (χ0n) is 10.6. The molecule has 0 aliphatic carbocycles. The molecule has 0 radical (unpaired) electrons. The minimum atomic E-state index is -1.18. The predicted octanol–water partition coefficient (Wildman–Crippen LogP) is 0.732. The second kappa shape index (κ2) is 5.40. The SMILES string of the molecule is COCCc1nc(C(=O)O)c2n1CCCC2C(=O)O. The highest BCUT2D eigenvalue weighted by molar-refractivity contribution is 5.89. The topological polar surface area (TPSA) is 102 Å². The van der Waals surface area contributed by atoms with Gasteiger partial charge in [0, 0.05) is 20.1 Å². The molecule has 0 saturated carbocycles. The van der Waals surface area contributed by atoms with E-state index in [1.807, 2.05) is 0 Å². The standard InChI is InChI=1S/C12H16N2O5/c1-19-6-4-8-13-9(12(17)18)10-7(11(15)16)3-2-5-14(8)10/h7H,2-6H2,1H3,(H,15,16)(H,17,18). The van der Waals surface area contributed by atoms with Crippen LogP contribution in [0.25, 0.3) is 0 Å². The Kier molecular flexibility index (Phi) is 3.84. The Labute approximate surface area is 109 Å². The Hall–Kier alpha value is -1.89. The smallest absolute Gasteiger partial charge is 0.356 e. The first-order valence-corrected chi connectivity index (χ1v) is 6.10. The number of hydrogen-bond donors (Lipinski definition) is 2. The van der Waals surface area contributed by atoms with Crippen LogP contribution in [0.1, 0.15) is 40.8 Å². The van der Waals surface area contributed by atoms with Gasteiger partial charge in [0.05, 0.1) is 18.2 Å². The molecule has 0 spiro atoms. The molecule has 1 aromatic heterocycles. The number of carboxylic acids is 2. The van der Waals surface area contributed by atoms with E-state index < -0.39 is 17.9 Å². The summed E-state index contributed by atoms with van der Waals surface area (Å²) < 4.78 is 6.69. The molecular weight excluding hydrogens is 252 g/mol. The van der Waals surface area contributed by atoms with Crippen LogP contribution in [0.15, 0.2) is 0 Å². The molecule has 104 valence electrons. The first kappa shape index (κ1) is 13.5. The van der Waals surface area contributed by atoms with Gasteiger partial charge in [0.2, 0.25) is 0 Å². The number of aliphatic carboxylic acids is 1. The van der Waals surface area contributed by atoms with E-state index in [-0.39, 0.29) is 5.69 Å². The van der Waals surface area contributed by atoms with Gasteiger partial charge in [-0.05, 0) is 12.8 Å². The van der Waals surface area contributed by atoms with Gasteiger partial charge < -0.3 is 19.5 Å². The van der Waals surface area contributed by atoms with E-state index >= 15 is 0 Å². The average molecular weight is 268 g/mol. The number of methoxy groups -OCH3 is 1. The van der Waals surface area contributed by atoms with Crippen molar-refractivity contribution < 1.29 is 24.5 Å². The Bertz CT molecular complexity index is 508. The normalized spacial score (nSPS) is 18.1. The van der Waals surface area contributed by atoms with Crippen LogP contribution in [0.4, 0.5) is 0 Å². The number of aromatic nitrogens is 2. The van der Waals surface area contributed by atoms with Crippen molar-refractivity contribution in [1.82, 2.24) is 9.55 Å². The summed E-state index contributed by atoms with van der Waals surface area (Å²) in [5, 5.41) is 18.4. The molecule has 0 saturated heterocycles. The van der Waals surface area contributed by atoms with Crippen molar-refractivity contribution in [3.63, 3.8) is 0 Å². The molecule has 1 aromatic rings. The number of rotatable bonds is 5. The summed E-state index contributed by atoms with van der Waals surface area (Å²) in [6.45, 7) is 1.03. The van der Waals surface area contributed by atoms with Crippen molar-refractivity contribution in [3.05, 3.63) is 17.2 Å². The second-order valence-electron chi connectivity index (χ2n) is 4.49. The van der Waals surface area contributed by atoms with Gasteiger partial charge in [-0.2, -0.15) is 0 Å². The predicted molar refractivity (Wildman–Crippen MR) is 64.4 cm³/mol. The molecule has 0 amide bonds. The molecule has 1 unspecified atom stereocenters. The van der Waals surface area contributed by atoms with Gasteiger partial charge >= 0.3 is 11.9 Å². The van der Waals surface area contributed by atoms with Crippen molar-refractivity contribution in [2.75, 3.05) is 13.7 Å². The number of carboxylic acid groups (broad SMARTS) is 2. The average Bonchev–Trinajstić information content (AvgIpc) is 2.75. The minimum Gasteiger partial charge on any atom is -0.481 e. The van der Waals surface area contributed by atoms with Crippen LogP contribution in [0.3, 0.4) is 0 Å². The van der Waals surface area contributed by atoms with E-state index in [0.717, 1.165) is 0 Å². The lowest BCUT2D eigenvalue weighted by Crippen LogP contribution is -2.24. The van der Waals surface area contributed by atoms with E-state index in [0.29, 0.717) is 43.9 Å². The van der Waals surface area contributed by atoms with Crippen LogP contribution in [-0.2, 0) is 22.5 Å². The van der Waals surface area contributed by atoms with E-state index in [4.69, 9.17) is 4.74 Å². The number of nitrogens with zero attached hydrogens (tertiary/aromatic N) is 2. The number of imidazole rings is 1. The van der Waals surface area contributed by atoms with Gasteiger partial charge in [-0.3, -0.25) is 4.79 Å². The number of hydrogen-bond acceptors (Lipinski definition) is 4. The van der Waals surface area contributed by atoms with E-state index in [1.165, 1.54) is 0 Å². The fourth-order valence-electron chi connectivity index (χ4n) is 2.49. The number of carbonyl (C=O) groups is 2. The van der Waals surface area contributed by atoms with Gasteiger partial charge in [0.25, 0.3) is 0 Å². The van der Waals surface area contributed by atoms with Crippen molar-refractivity contribution in [2.45, 2.75) is 31.7 Å². The van der Waals surface area contributed by atoms with Crippen LogP contribution in [-0.4, -0.2) is 45.4 Å². The number of aromatic carboxylic acids is 1. The van der Waals surface area contributed by atoms with Crippen molar-refractivity contribution in [2.24, 2.45) is 0 Å². The van der Waals surface area contributed by atoms with Crippen LogP contribution in [0, 0.1) is 0 Å².